The van der Waals surface area contributed by atoms with E-state index in [-0.39, 0.29) is 35.1 Å². The Hall–Kier alpha value is -3.14. The second kappa shape index (κ2) is 7.03. The molecule has 2 aliphatic heterocycles. The minimum Gasteiger partial charge on any atom is -0.508 e. The van der Waals surface area contributed by atoms with E-state index in [1.807, 2.05) is 26.8 Å². The van der Waals surface area contributed by atoms with Gasteiger partial charge in [-0.05, 0) is 44.5 Å². The average Bonchev–Trinajstić information content (AvgIpc) is 3.21. The number of nitriles is 1. The fraction of sp³-hybridized carbons (Fsp3) is 0.409. The highest BCUT2D eigenvalue weighted by Crippen LogP contribution is 2.39. The Kier molecular flexibility index (Phi) is 4.65. The van der Waals surface area contributed by atoms with Gasteiger partial charge in [-0.3, -0.25) is 4.79 Å². The normalized spacial score (nSPS) is 23.2. The third-order valence-corrected chi connectivity index (χ3v) is 6.30. The lowest BCUT2D eigenvalue weighted by Crippen LogP contribution is -2.39. The predicted octanol–water partition coefficient (Wildman–Crippen LogP) is 3.01. The second-order valence-electron chi connectivity index (χ2n) is 8.06. The molecule has 0 bridgehead atoms. The van der Waals surface area contributed by atoms with E-state index < -0.39 is 5.82 Å². The molecule has 1 aromatic carbocycles. The molecule has 1 N–H and O–H groups in total. The van der Waals surface area contributed by atoms with E-state index in [1.54, 1.807) is 4.90 Å². The van der Waals surface area contributed by atoms with E-state index in [0.29, 0.717) is 12.1 Å². The maximum Gasteiger partial charge on any atom is 0.257 e. The van der Waals surface area contributed by atoms with Crippen molar-refractivity contribution < 1.29 is 14.3 Å². The molecule has 0 unspecified atom stereocenters. The lowest BCUT2D eigenvalue weighted by molar-refractivity contribution is 0.0725. The van der Waals surface area contributed by atoms with E-state index in [2.05, 4.69) is 16.0 Å². The Bertz CT molecular complexity index is 1010. The molecule has 0 saturated carbocycles. The van der Waals surface area contributed by atoms with Crippen molar-refractivity contribution in [3.05, 3.63) is 52.5 Å². The van der Waals surface area contributed by atoms with Crippen molar-refractivity contribution in [3.63, 3.8) is 0 Å². The summed E-state index contributed by atoms with van der Waals surface area (Å²) in [4.78, 5) is 21.4. The monoisotopic (exact) mass is 394 g/mol. The zero-order valence-electron chi connectivity index (χ0n) is 16.7. The molecule has 2 fully saturated rings. The van der Waals surface area contributed by atoms with Gasteiger partial charge in [0, 0.05) is 43.6 Å². The maximum atomic E-state index is 14.1. The standard InChI is InChI=1S/C22H23FN4O2/c1-12-6-21(25-13(2)18(12)8-24)26-9-15-10-27(14(3)19(15)11-26)22(29)17-5-4-16(28)7-20(17)23/h4-7,14-15,19,28H,9-11H2,1-3H3/t14-,15+,19-/m0/s1. The molecule has 150 valence electrons. The molecule has 6 nitrogen and oxygen atoms in total. The summed E-state index contributed by atoms with van der Waals surface area (Å²) in [7, 11) is 0. The van der Waals surface area contributed by atoms with Crippen LogP contribution in [0.5, 0.6) is 5.75 Å². The molecule has 2 aromatic rings. The number of hydrogen-bond donors (Lipinski definition) is 1. The molecule has 4 rings (SSSR count). The highest BCUT2D eigenvalue weighted by Gasteiger charge is 2.47. The second-order valence-corrected chi connectivity index (χ2v) is 8.06. The van der Waals surface area contributed by atoms with Crippen LogP contribution in [0.25, 0.3) is 0 Å². The summed E-state index contributed by atoms with van der Waals surface area (Å²) in [6, 6.07) is 7.77. The fourth-order valence-electron chi connectivity index (χ4n) is 4.72. The number of phenols is 1. The van der Waals surface area contributed by atoms with Gasteiger partial charge >= 0.3 is 0 Å². The van der Waals surface area contributed by atoms with E-state index in [9.17, 15) is 19.6 Å². The van der Waals surface area contributed by atoms with Crippen molar-refractivity contribution in [1.29, 1.82) is 5.26 Å². The number of likely N-dealkylation sites (tertiary alicyclic amines) is 1. The maximum absolute atomic E-state index is 14.1. The molecule has 2 saturated heterocycles. The molecule has 3 heterocycles. The molecule has 29 heavy (non-hydrogen) atoms. The number of fused-ring (bicyclic) bond motifs is 1. The van der Waals surface area contributed by atoms with Crippen molar-refractivity contribution >= 4 is 11.7 Å². The lowest BCUT2D eigenvalue weighted by atomic mass is 9.95. The van der Waals surface area contributed by atoms with Crippen LogP contribution in [-0.2, 0) is 0 Å². The molecule has 1 amide bonds. The van der Waals surface area contributed by atoms with Gasteiger partial charge in [0.05, 0.1) is 16.8 Å². The first-order valence-electron chi connectivity index (χ1n) is 9.73. The van der Waals surface area contributed by atoms with E-state index >= 15 is 0 Å². The minimum atomic E-state index is -0.700. The van der Waals surface area contributed by atoms with Gasteiger partial charge in [0.1, 0.15) is 23.5 Å². The quantitative estimate of drug-likeness (QED) is 0.847. The smallest absolute Gasteiger partial charge is 0.257 e. The number of benzene rings is 1. The van der Waals surface area contributed by atoms with Crippen LogP contribution in [0.4, 0.5) is 10.2 Å². The minimum absolute atomic E-state index is 0.00788. The van der Waals surface area contributed by atoms with Crippen LogP contribution < -0.4 is 4.90 Å². The average molecular weight is 394 g/mol. The Morgan fingerprint density at radius 1 is 1.28 bits per heavy atom. The number of rotatable bonds is 2. The number of amides is 1. The highest BCUT2D eigenvalue weighted by molar-refractivity contribution is 5.95. The first-order chi connectivity index (χ1) is 13.8. The van der Waals surface area contributed by atoms with Crippen LogP contribution in [0.15, 0.2) is 24.3 Å². The summed E-state index contributed by atoms with van der Waals surface area (Å²) in [5, 5.41) is 18.6. The van der Waals surface area contributed by atoms with Crippen molar-refractivity contribution in [2.75, 3.05) is 24.5 Å². The fourth-order valence-corrected chi connectivity index (χ4v) is 4.72. The summed E-state index contributed by atoms with van der Waals surface area (Å²) < 4.78 is 14.1. The van der Waals surface area contributed by atoms with Gasteiger partial charge in [0.2, 0.25) is 0 Å². The third-order valence-electron chi connectivity index (χ3n) is 6.30. The van der Waals surface area contributed by atoms with Gasteiger partial charge in [-0.1, -0.05) is 0 Å². The molecule has 1 aromatic heterocycles. The molecule has 0 aliphatic carbocycles. The lowest BCUT2D eigenvalue weighted by Gasteiger charge is -2.27. The van der Waals surface area contributed by atoms with Gasteiger partial charge in [-0.15, -0.1) is 0 Å². The molecular weight excluding hydrogens is 371 g/mol. The molecule has 3 atom stereocenters. The molecular formula is C22H23FN4O2. The summed E-state index contributed by atoms with van der Waals surface area (Å²) in [5.41, 5.74) is 2.26. The third kappa shape index (κ3) is 3.19. The van der Waals surface area contributed by atoms with Gasteiger partial charge in [-0.25, -0.2) is 9.37 Å². The number of pyridine rings is 1. The van der Waals surface area contributed by atoms with Crippen LogP contribution >= 0.6 is 0 Å². The number of aryl methyl sites for hydroxylation is 2. The molecule has 0 spiro atoms. The number of hydrogen-bond acceptors (Lipinski definition) is 5. The van der Waals surface area contributed by atoms with E-state index in [1.165, 1.54) is 12.1 Å². The van der Waals surface area contributed by atoms with Gasteiger partial charge < -0.3 is 14.9 Å². The van der Waals surface area contributed by atoms with Crippen LogP contribution in [0.2, 0.25) is 0 Å². The summed E-state index contributed by atoms with van der Waals surface area (Å²) in [6.07, 6.45) is 0. The number of carbonyl (C=O) groups is 1. The molecule has 7 heteroatoms. The van der Waals surface area contributed by atoms with Crippen molar-refractivity contribution in [1.82, 2.24) is 9.88 Å². The predicted molar refractivity (Wildman–Crippen MR) is 106 cm³/mol. The first-order valence-corrected chi connectivity index (χ1v) is 9.73. The van der Waals surface area contributed by atoms with Crippen molar-refractivity contribution in [3.8, 4) is 11.8 Å². The Morgan fingerprint density at radius 3 is 2.66 bits per heavy atom. The number of phenolic OH excluding ortho intramolecular Hbond substituents is 1. The largest absolute Gasteiger partial charge is 0.508 e. The van der Waals surface area contributed by atoms with Crippen LogP contribution in [0.3, 0.4) is 0 Å². The van der Waals surface area contributed by atoms with Crippen LogP contribution in [0, 0.1) is 42.8 Å². The van der Waals surface area contributed by atoms with Gasteiger partial charge in [0.15, 0.2) is 0 Å². The summed E-state index contributed by atoms with van der Waals surface area (Å²) in [5.74, 6) is 0.196. The number of halogens is 1. The summed E-state index contributed by atoms with van der Waals surface area (Å²) in [6.45, 7) is 7.88. The zero-order chi connectivity index (χ0) is 20.9. The van der Waals surface area contributed by atoms with Crippen LogP contribution in [-0.4, -0.2) is 46.6 Å². The number of nitrogens with zero attached hydrogens (tertiary/aromatic N) is 4. The summed E-state index contributed by atoms with van der Waals surface area (Å²) >= 11 is 0. The van der Waals surface area contributed by atoms with Crippen LogP contribution in [0.1, 0.15) is 34.1 Å². The Balaban J connectivity index is 1.52. The van der Waals surface area contributed by atoms with Crippen molar-refractivity contribution in [2.45, 2.75) is 26.8 Å². The number of anilines is 1. The molecule has 0 radical (unpaired) electrons. The van der Waals surface area contributed by atoms with Gasteiger partial charge in [-0.2, -0.15) is 5.26 Å². The number of aromatic nitrogens is 1. The zero-order valence-corrected chi connectivity index (χ0v) is 16.7. The van der Waals surface area contributed by atoms with E-state index in [4.69, 9.17) is 0 Å². The van der Waals surface area contributed by atoms with Gasteiger partial charge in [0.25, 0.3) is 5.91 Å². The Labute approximate surface area is 169 Å². The number of carbonyl (C=O) groups excluding carboxylic acids is 1. The van der Waals surface area contributed by atoms with E-state index in [0.717, 1.165) is 36.2 Å². The molecule has 2 aliphatic rings. The Morgan fingerprint density at radius 2 is 2.03 bits per heavy atom. The first kappa shape index (κ1) is 19.2. The highest BCUT2D eigenvalue weighted by atomic mass is 19.1. The number of aromatic hydroxyl groups is 1. The van der Waals surface area contributed by atoms with Crippen molar-refractivity contribution in [2.24, 2.45) is 11.8 Å². The topological polar surface area (TPSA) is 80.5 Å². The SMILES string of the molecule is Cc1cc(N2C[C@@H]3CN(C(=O)c4ccc(O)cc4F)[C@@H](C)[C@@H]3C2)nc(C)c1C#N.